The molecule has 0 aliphatic rings. The van der Waals surface area contributed by atoms with Gasteiger partial charge in [0, 0.05) is 12.1 Å². The Bertz CT molecular complexity index is 325. The third-order valence-electron chi connectivity index (χ3n) is 1.99. The fourth-order valence-corrected chi connectivity index (χ4v) is 1.23. The summed E-state index contributed by atoms with van der Waals surface area (Å²) in [5, 5.41) is 20.9. The van der Waals surface area contributed by atoms with Gasteiger partial charge in [0.05, 0.1) is 6.61 Å². The van der Waals surface area contributed by atoms with E-state index < -0.39 is 13.0 Å². The number of benzene rings is 1. The third kappa shape index (κ3) is 8.58. The molecule has 0 aliphatic carbocycles. The Balaban J connectivity index is 0. The molecule has 1 aromatic rings. The lowest BCUT2D eigenvalue weighted by atomic mass is 10.1. The first kappa shape index (κ1) is 20.2. The van der Waals surface area contributed by atoms with Gasteiger partial charge in [-0.3, -0.25) is 0 Å². The molecule has 0 spiro atoms. The molecule has 0 aromatic heterocycles. The van der Waals surface area contributed by atoms with Crippen LogP contribution < -0.4 is 5.32 Å². The molecule has 1 unspecified atom stereocenters. The minimum absolute atomic E-state index is 0.312. The minimum atomic E-state index is -1.75. The van der Waals surface area contributed by atoms with Gasteiger partial charge in [-0.05, 0) is 24.7 Å². The molecule has 6 heteroatoms. The summed E-state index contributed by atoms with van der Waals surface area (Å²) in [6.07, 6.45) is -0.939. The van der Waals surface area contributed by atoms with E-state index in [4.69, 9.17) is 5.11 Å². The Hall–Kier alpha value is -1.11. The van der Waals surface area contributed by atoms with Crippen molar-refractivity contribution in [3.63, 3.8) is 0 Å². The van der Waals surface area contributed by atoms with E-state index in [2.05, 4.69) is 5.32 Å². The van der Waals surface area contributed by atoms with Crippen LogP contribution in [0.5, 0.6) is 0 Å². The zero-order valence-corrected chi connectivity index (χ0v) is 11.5. The van der Waals surface area contributed by atoms with Crippen molar-refractivity contribution in [2.75, 3.05) is 20.6 Å². The van der Waals surface area contributed by atoms with E-state index in [-0.39, 0.29) is 12.4 Å². The molecule has 0 amide bonds. The number of aliphatic hydroxyl groups excluding tert-OH is 2. The fraction of sp³-hybridized carbons (Fsp3) is 0.538. The maximum absolute atomic E-state index is 13.1. The van der Waals surface area contributed by atoms with Crippen molar-refractivity contribution >= 4 is 0 Å². The molecule has 3 nitrogen and oxygen atoms in total. The topological polar surface area (TPSA) is 52.5 Å². The maximum Gasteiger partial charge on any atom is 0.229 e. The zero-order valence-electron chi connectivity index (χ0n) is 11.5. The van der Waals surface area contributed by atoms with E-state index in [0.717, 1.165) is 0 Å². The lowest BCUT2D eigenvalue weighted by Gasteiger charge is -2.10. The molecular weight excluding hydrogens is 259 g/mol. The number of alkyl halides is 2. The molecule has 1 rings (SSSR count). The summed E-state index contributed by atoms with van der Waals surface area (Å²) in [4.78, 5) is 0. The zero-order chi connectivity index (χ0) is 15.3. The average Bonchev–Trinajstić information content (AvgIpc) is 2.44. The van der Waals surface area contributed by atoms with Crippen LogP contribution in [-0.4, -0.2) is 30.8 Å². The summed E-state index contributed by atoms with van der Waals surface area (Å²) in [6, 6.07) is 4.31. The van der Waals surface area contributed by atoms with Gasteiger partial charge in [0.15, 0.2) is 0 Å². The van der Waals surface area contributed by atoms with Gasteiger partial charge in [0.1, 0.15) is 11.9 Å². The summed E-state index contributed by atoms with van der Waals surface area (Å²) in [5.74, 6) is -0.312. The molecule has 0 fully saturated rings. The van der Waals surface area contributed by atoms with Crippen molar-refractivity contribution in [2.24, 2.45) is 0 Å². The minimum Gasteiger partial charge on any atom is -0.393 e. The van der Waals surface area contributed by atoms with Crippen LogP contribution in [0.2, 0.25) is 0 Å². The van der Waals surface area contributed by atoms with Crippen LogP contribution >= 0.6 is 0 Å². The Morgan fingerprint density at radius 2 is 1.79 bits per heavy atom. The van der Waals surface area contributed by atoms with Crippen LogP contribution in [0.4, 0.5) is 13.2 Å². The van der Waals surface area contributed by atoms with Crippen LogP contribution in [-0.2, 0) is 6.54 Å². The number of aliphatic hydroxyl groups is 2. The first-order chi connectivity index (χ1) is 9.10. The molecule has 19 heavy (non-hydrogen) atoms. The van der Waals surface area contributed by atoms with Crippen LogP contribution in [0.3, 0.4) is 0 Å². The number of rotatable bonds is 4. The molecule has 112 valence electrons. The standard InChI is InChI=1S/C10H14FNO2.C2H6.CH2F2/c1-12-5-8-4-7(10(14)6-13)2-3-9(8)11;1-2;2-1-3/h2-4,10,12-14H,5-6H2,1H3;1-2H3;1H2. The first-order valence-corrected chi connectivity index (χ1v) is 5.94. The first-order valence-electron chi connectivity index (χ1n) is 5.94. The normalized spacial score (nSPS) is 10.7. The summed E-state index contributed by atoms with van der Waals surface area (Å²) < 4.78 is 32.4. The molecular formula is C13H22F3NO2. The van der Waals surface area contributed by atoms with Crippen molar-refractivity contribution in [1.82, 2.24) is 5.32 Å². The maximum atomic E-state index is 13.1. The highest BCUT2D eigenvalue weighted by molar-refractivity contribution is 5.26. The second-order valence-electron chi connectivity index (χ2n) is 3.18. The molecule has 0 aliphatic heterocycles. The van der Waals surface area contributed by atoms with Crippen molar-refractivity contribution in [1.29, 1.82) is 0 Å². The van der Waals surface area contributed by atoms with Gasteiger partial charge < -0.3 is 15.5 Å². The number of hydrogen-bond acceptors (Lipinski definition) is 3. The van der Waals surface area contributed by atoms with Crippen molar-refractivity contribution in [3.05, 3.63) is 35.1 Å². The lowest BCUT2D eigenvalue weighted by molar-refractivity contribution is 0.0955. The van der Waals surface area contributed by atoms with E-state index in [0.29, 0.717) is 17.7 Å². The molecule has 1 atom stereocenters. The smallest absolute Gasteiger partial charge is 0.229 e. The molecule has 1 aromatic carbocycles. The second-order valence-corrected chi connectivity index (χ2v) is 3.18. The Kier molecular flexibility index (Phi) is 14.2. The van der Waals surface area contributed by atoms with Crippen LogP contribution in [0.1, 0.15) is 31.1 Å². The monoisotopic (exact) mass is 281 g/mol. The molecule has 0 saturated heterocycles. The van der Waals surface area contributed by atoms with Gasteiger partial charge in [-0.25, -0.2) is 13.2 Å². The third-order valence-corrected chi connectivity index (χ3v) is 1.99. The highest BCUT2D eigenvalue weighted by Gasteiger charge is 2.08. The van der Waals surface area contributed by atoms with E-state index in [9.17, 15) is 18.3 Å². The molecule has 0 bridgehead atoms. The van der Waals surface area contributed by atoms with Crippen LogP contribution in [0.15, 0.2) is 18.2 Å². The van der Waals surface area contributed by atoms with Crippen LogP contribution in [0, 0.1) is 5.82 Å². The van der Waals surface area contributed by atoms with Gasteiger partial charge in [-0.2, -0.15) is 0 Å². The fourth-order valence-electron chi connectivity index (χ4n) is 1.23. The average molecular weight is 281 g/mol. The summed E-state index contributed by atoms with van der Waals surface area (Å²) in [6.45, 7) is 2.29. The van der Waals surface area contributed by atoms with Crippen LogP contribution in [0.25, 0.3) is 0 Å². The van der Waals surface area contributed by atoms with E-state index >= 15 is 0 Å². The Morgan fingerprint density at radius 3 is 2.21 bits per heavy atom. The lowest BCUT2D eigenvalue weighted by Crippen LogP contribution is -2.09. The van der Waals surface area contributed by atoms with Crippen molar-refractivity contribution in [3.8, 4) is 0 Å². The quantitative estimate of drug-likeness (QED) is 0.794. The van der Waals surface area contributed by atoms with E-state index in [1.807, 2.05) is 13.8 Å². The summed E-state index contributed by atoms with van der Waals surface area (Å²) in [7, 11) is 1.72. The molecule has 0 saturated carbocycles. The predicted molar refractivity (Wildman–Crippen MR) is 69.6 cm³/mol. The summed E-state index contributed by atoms with van der Waals surface area (Å²) >= 11 is 0. The number of nitrogens with one attached hydrogen (secondary N) is 1. The van der Waals surface area contributed by atoms with E-state index in [1.54, 1.807) is 13.1 Å². The second kappa shape index (κ2) is 13.3. The largest absolute Gasteiger partial charge is 0.393 e. The summed E-state index contributed by atoms with van der Waals surface area (Å²) in [5.41, 5.74) is 1.01. The van der Waals surface area contributed by atoms with Gasteiger partial charge in [-0.15, -0.1) is 0 Å². The highest BCUT2D eigenvalue weighted by Crippen LogP contribution is 2.16. The van der Waals surface area contributed by atoms with Gasteiger partial charge in [0.25, 0.3) is 0 Å². The van der Waals surface area contributed by atoms with Gasteiger partial charge in [-0.1, -0.05) is 19.9 Å². The predicted octanol–water partition coefficient (Wildman–Crippen LogP) is 2.48. The van der Waals surface area contributed by atoms with E-state index in [1.165, 1.54) is 12.1 Å². The number of halogens is 3. The molecule has 0 radical (unpaired) electrons. The highest BCUT2D eigenvalue weighted by atomic mass is 19.3. The van der Waals surface area contributed by atoms with Gasteiger partial charge in [0.2, 0.25) is 6.93 Å². The number of hydrogen-bond donors (Lipinski definition) is 3. The SMILES string of the molecule is CC.CNCc1cc(C(O)CO)ccc1F.FCF. The Labute approximate surface area is 112 Å². The molecule has 3 N–H and O–H groups in total. The molecule has 0 heterocycles. The Morgan fingerprint density at radius 1 is 1.26 bits per heavy atom. The van der Waals surface area contributed by atoms with Gasteiger partial charge >= 0.3 is 0 Å². The van der Waals surface area contributed by atoms with Crippen molar-refractivity contribution < 1.29 is 23.4 Å². The van der Waals surface area contributed by atoms with Crippen molar-refractivity contribution in [2.45, 2.75) is 26.5 Å².